The number of piperidine rings is 1. The first-order chi connectivity index (χ1) is 11.8. The average Bonchev–Trinajstić information content (AvgIpc) is 3.16. The largest absolute Gasteiger partial charge is 0.377 e. The van der Waals surface area contributed by atoms with Crippen LogP contribution in [0.25, 0.3) is 0 Å². The van der Waals surface area contributed by atoms with Crippen molar-refractivity contribution in [2.24, 2.45) is 11.8 Å². The van der Waals surface area contributed by atoms with Crippen molar-refractivity contribution in [2.45, 2.75) is 50.7 Å². The molecule has 0 radical (unpaired) electrons. The van der Waals surface area contributed by atoms with E-state index in [4.69, 9.17) is 4.74 Å². The highest BCUT2D eigenvalue weighted by Crippen LogP contribution is 2.35. The Kier molecular flexibility index (Phi) is 4.76. The molecule has 3 fully saturated rings. The highest BCUT2D eigenvalue weighted by atomic mass is 16.5. The van der Waals surface area contributed by atoms with E-state index >= 15 is 0 Å². The third-order valence-corrected chi connectivity index (χ3v) is 5.82. The van der Waals surface area contributed by atoms with E-state index in [0.29, 0.717) is 24.4 Å². The Labute approximate surface area is 143 Å². The fourth-order valence-corrected chi connectivity index (χ4v) is 4.53. The number of anilines is 1. The molecule has 2 aliphatic heterocycles. The molecule has 0 bridgehead atoms. The lowest BCUT2D eigenvalue weighted by Crippen LogP contribution is -2.52. The number of aromatic nitrogens is 2. The van der Waals surface area contributed by atoms with Gasteiger partial charge < -0.3 is 10.1 Å². The second-order valence-corrected chi connectivity index (χ2v) is 7.37. The number of ether oxygens (including phenoxy) is 1. The van der Waals surface area contributed by atoms with Gasteiger partial charge in [0.05, 0.1) is 24.8 Å². The third kappa shape index (κ3) is 3.44. The van der Waals surface area contributed by atoms with E-state index in [-0.39, 0.29) is 11.8 Å². The maximum atomic E-state index is 12.5. The summed E-state index contributed by atoms with van der Waals surface area (Å²) in [6.07, 6.45) is 12.6. The van der Waals surface area contributed by atoms with Crippen molar-refractivity contribution in [3.63, 3.8) is 0 Å². The molecule has 6 nitrogen and oxygen atoms in total. The van der Waals surface area contributed by atoms with Crippen molar-refractivity contribution in [2.75, 3.05) is 25.0 Å². The minimum atomic E-state index is -0.0863. The van der Waals surface area contributed by atoms with Crippen LogP contribution in [0.2, 0.25) is 0 Å². The number of fused-ring (bicyclic) bond motifs is 1. The van der Waals surface area contributed by atoms with Gasteiger partial charge in [-0.1, -0.05) is 12.8 Å². The van der Waals surface area contributed by atoms with Gasteiger partial charge in [-0.15, -0.1) is 0 Å². The average molecular weight is 330 g/mol. The summed E-state index contributed by atoms with van der Waals surface area (Å²) < 4.78 is 6.04. The van der Waals surface area contributed by atoms with Gasteiger partial charge in [0.1, 0.15) is 0 Å². The van der Waals surface area contributed by atoms with E-state index in [1.165, 1.54) is 25.7 Å². The normalized spacial score (nSPS) is 31.6. The predicted octanol–water partition coefficient (Wildman–Crippen LogP) is 2.08. The lowest BCUT2D eigenvalue weighted by atomic mass is 9.82. The molecule has 2 saturated heterocycles. The second kappa shape index (κ2) is 7.15. The Morgan fingerprint density at radius 3 is 2.92 bits per heavy atom. The fourth-order valence-electron chi connectivity index (χ4n) is 4.53. The number of carbonyl (C=O) groups excluding carboxylic acids is 1. The summed E-state index contributed by atoms with van der Waals surface area (Å²) in [5.74, 6) is 0.912. The van der Waals surface area contributed by atoms with Gasteiger partial charge in [-0.3, -0.25) is 14.7 Å². The van der Waals surface area contributed by atoms with Crippen LogP contribution in [0.1, 0.15) is 38.5 Å². The van der Waals surface area contributed by atoms with Crippen LogP contribution < -0.4 is 5.32 Å². The highest BCUT2D eigenvalue weighted by molar-refractivity contribution is 5.91. The van der Waals surface area contributed by atoms with E-state index in [9.17, 15) is 4.79 Å². The Morgan fingerprint density at radius 1 is 1.25 bits per heavy atom. The molecule has 130 valence electrons. The van der Waals surface area contributed by atoms with E-state index in [0.717, 1.165) is 32.0 Å². The second-order valence-electron chi connectivity index (χ2n) is 7.37. The smallest absolute Gasteiger partial charge is 0.231 e. The quantitative estimate of drug-likeness (QED) is 0.919. The van der Waals surface area contributed by atoms with Crippen molar-refractivity contribution >= 4 is 11.7 Å². The number of rotatable bonds is 3. The Morgan fingerprint density at radius 2 is 2.12 bits per heavy atom. The zero-order valence-electron chi connectivity index (χ0n) is 14.1. The molecule has 0 unspecified atom stereocenters. The number of hydrogen-bond donors (Lipinski definition) is 1. The van der Waals surface area contributed by atoms with E-state index in [2.05, 4.69) is 20.2 Å². The molecule has 3 heterocycles. The highest BCUT2D eigenvalue weighted by Gasteiger charge is 2.40. The van der Waals surface area contributed by atoms with Crippen molar-refractivity contribution < 1.29 is 9.53 Å². The van der Waals surface area contributed by atoms with Gasteiger partial charge in [0.15, 0.2) is 5.82 Å². The molecule has 1 saturated carbocycles. The first-order valence-corrected chi connectivity index (χ1v) is 9.22. The van der Waals surface area contributed by atoms with Gasteiger partial charge in [0.2, 0.25) is 5.91 Å². The molecular formula is C18H26N4O2. The predicted molar refractivity (Wildman–Crippen MR) is 90.4 cm³/mol. The molecule has 3 atom stereocenters. The molecule has 1 amide bonds. The topological polar surface area (TPSA) is 67.3 Å². The van der Waals surface area contributed by atoms with E-state index < -0.39 is 0 Å². The maximum absolute atomic E-state index is 12.5. The molecule has 6 heteroatoms. The minimum Gasteiger partial charge on any atom is -0.377 e. The third-order valence-electron chi connectivity index (χ3n) is 5.82. The van der Waals surface area contributed by atoms with Crippen LogP contribution >= 0.6 is 0 Å². The van der Waals surface area contributed by atoms with Crippen molar-refractivity contribution in [1.82, 2.24) is 14.9 Å². The minimum absolute atomic E-state index is 0.00643. The summed E-state index contributed by atoms with van der Waals surface area (Å²) in [5.41, 5.74) is 0. The summed E-state index contributed by atoms with van der Waals surface area (Å²) in [6, 6.07) is 0.764. The lowest BCUT2D eigenvalue weighted by Gasteiger charge is -2.45. The fraction of sp³-hybridized carbons (Fsp3) is 0.722. The standard InChI is InChI=1S/C18H26N4O2/c23-18(21-17-10-19-6-7-20-17)14-9-13-11-22(15-3-1-2-4-15)8-5-16(13)24-12-14/h6-7,10,13-16H,1-5,8-9,11-12H2,(H,20,21,23)/t13-,14-,16+/m0/s1. The Bertz CT molecular complexity index is 561. The van der Waals surface area contributed by atoms with Crippen LogP contribution in [0.5, 0.6) is 0 Å². The summed E-state index contributed by atoms with van der Waals surface area (Å²) >= 11 is 0. The number of amides is 1. The summed E-state index contributed by atoms with van der Waals surface area (Å²) in [5, 5.41) is 2.87. The molecule has 1 aromatic rings. The van der Waals surface area contributed by atoms with Gasteiger partial charge in [-0.25, -0.2) is 4.98 Å². The van der Waals surface area contributed by atoms with Crippen LogP contribution in [0, 0.1) is 11.8 Å². The van der Waals surface area contributed by atoms with Crippen molar-refractivity contribution in [1.29, 1.82) is 0 Å². The zero-order chi connectivity index (χ0) is 16.4. The number of hydrogen-bond acceptors (Lipinski definition) is 5. The molecule has 1 aliphatic carbocycles. The van der Waals surface area contributed by atoms with E-state index in [1.54, 1.807) is 18.6 Å². The molecule has 1 N–H and O–H groups in total. The van der Waals surface area contributed by atoms with Crippen LogP contribution in [0.4, 0.5) is 5.82 Å². The van der Waals surface area contributed by atoms with Crippen molar-refractivity contribution in [3.05, 3.63) is 18.6 Å². The zero-order valence-corrected chi connectivity index (χ0v) is 14.1. The monoisotopic (exact) mass is 330 g/mol. The molecule has 0 aromatic carbocycles. The SMILES string of the molecule is O=C(Nc1cnccn1)[C@@H]1CO[C@@H]2CCN(C3CCCC3)C[C@@H]2C1. The Hall–Kier alpha value is -1.53. The number of nitrogens with one attached hydrogen (secondary N) is 1. The number of nitrogens with zero attached hydrogens (tertiary/aromatic N) is 3. The van der Waals surface area contributed by atoms with Crippen LogP contribution in [0.3, 0.4) is 0 Å². The van der Waals surface area contributed by atoms with Gasteiger partial charge in [0.25, 0.3) is 0 Å². The maximum Gasteiger partial charge on any atom is 0.231 e. The first-order valence-electron chi connectivity index (χ1n) is 9.22. The summed E-state index contributed by atoms with van der Waals surface area (Å²) in [4.78, 5) is 23.3. The first kappa shape index (κ1) is 16.0. The molecule has 24 heavy (non-hydrogen) atoms. The molecule has 4 rings (SSSR count). The van der Waals surface area contributed by atoms with Gasteiger partial charge in [-0.2, -0.15) is 0 Å². The van der Waals surface area contributed by atoms with Gasteiger partial charge in [-0.05, 0) is 31.6 Å². The summed E-state index contributed by atoms with van der Waals surface area (Å²) in [7, 11) is 0. The molecular weight excluding hydrogens is 304 g/mol. The molecule has 1 aromatic heterocycles. The summed E-state index contributed by atoms with van der Waals surface area (Å²) in [6.45, 7) is 2.77. The van der Waals surface area contributed by atoms with Crippen LogP contribution in [-0.4, -0.2) is 52.6 Å². The molecule has 0 spiro atoms. The van der Waals surface area contributed by atoms with Crippen molar-refractivity contribution in [3.8, 4) is 0 Å². The van der Waals surface area contributed by atoms with Crippen LogP contribution in [-0.2, 0) is 9.53 Å². The van der Waals surface area contributed by atoms with Gasteiger partial charge >= 0.3 is 0 Å². The van der Waals surface area contributed by atoms with E-state index in [1.807, 2.05) is 0 Å². The number of likely N-dealkylation sites (tertiary alicyclic amines) is 1. The lowest BCUT2D eigenvalue weighted by molar-refractivity contribution is -0.135. The Balaban J connectivity index is 1.35. The van der Waals surface area contributed by atoms with Crippen LogP contribution in [0.15, 0.2) is 18.6 Å². The molecule has 3 aliphatic rings. The van der Waals surface area contributed by atoms with Gasteiger partial charge in [0, 0.05) is 31.5 Å². The number of carbonyl (C=O) groups is 1.